The summed E-state index contributed by atoms with van der Waals surface area (Å²) in [5.41, 5.74) is 0.830. The van der Waals surface area contributed by atoms with Crippen LogP contribution in [0.2, 0.25) is 0 Å². The molecule has 0 heterocycles. The topological polar surface area (TPSA) is 0 Å². The van der Waals surface area contributed by atoms with E-state index < -0.39 is 0 Å². The molecule has 0 aromatic heterocycles. The Bertz CT molecular complexity index is 208. The fourth-order valence-electron chi connectivity index (χ4n) is 0.574. The Kier molecular flexibility index (Phi) is 8.50. The van der Waals surface area contributed by atoms with Crippen molar-refractivity contribution in [1.82, 2.24) is 0 Å². The van der Waals surface area contributed by atoms with E-state index >= 15 is 0 Å². The Morgan fingerprint density at radius 2 is 1.64 bits per heavy atom. The van der Waals surface area contributed by atoms with E-state index in [4.69, 9.17) is 6.58 Å². The molecule has 54 valence electrons. The van der Waals surface area contributed by atoms with E-state index in [0.29, 0.717) is 0 Å². The molecular weight excluding hydrogens is 219 g/mol. The summed E-state index contributed by atoms with van der Waals surface area (Å²) in [6, 6.07) is 5.99. The minimum Gasteiger partial charge on any atom is -1.00 e. The van der Waals surface area contributed by atoms with Crippen LogP contribution in [0.15, 0.2) is 24.3 Å². The van der Waals surface area contributed by atoms with Gasteiger partial charge in [-0.1, -0.05) is 0 Å². The van der Waals surface area contributed by atoms with Gasteiger partial charge in [0.1, 0.15) is 5.82 Å². The number of benzene rings is 1. The van der Waals surface area contributed by atoms with Gasteiger partial charge in [0.25, 0.3) is 0 Å². The molecule has 11 heavy (non-hydrogen) atoms. The summed E-state index contributed by atoms with van der Waals surface area (Å²) in [5, 5.41) is 0. The summed E-state index contributed by atoms with van der Waals surface area (Å²) < 4.78 is 12.2. The Balaban J connectivity index is 0. The van der Waals surface area contributed by atoms with Crippen molar-refractivity contribution in [2.24, 2.45) is 0 Å². The van der Waals surface area contributed by atoms with E-state index in [0.717, 1.165) is 5.56 Å². The first kappa shape index (κ1) is 13.7. The predicted octanol–water partition coefficient (Wildman–Crippen LogP) is -1.10. The Labute approximate surface area is 92.4 Å². The molecule has 1 aromatic rings. The van der Waals surface area contributed by atoms with E-state index in [9.17, 15) is 4.39 Å². The second-order valence-electron chi connectivity index (χ2n) is 1.72. The van der Waals surface area contributed by atoms with Gasteiger partial charge < -0.3 is 17.0 Å². The number of hydrogen-bond donors (Lipinski definition) is 0. The Hall–Kier alpha value is 0.136. The number of hydrogen-bond acceptors (Lipinski definition) is 0. The largest absolute Gasteiger partial charge is 2.00 e. The summed E-state index contributed by atoms with van der Waals surface area (Å²) in [6.45, 7) is 5.15. The third kappa shape index (κ3) is 4.56. The molecule has 0 N–H and O–H groups in total. The maximum Gasteiger partial charge on any atom is 2.00 e. The molecular formula is C8H6BrFMg. The van der Waals surface area contributed by atoms with E-state index in [1.165, 1.54) is 18.2 Å². The minimum absolute atomic E-state index is 0. The third-order valence-corrected chi connectivity index (χ3v) is 1.06. The van der Waals surface area contributed by atoms with Crippen molar-refractivity contribution in [3.8, 4) is 0 Å². The van der Waals surface area contributed by atoms with Crippen LogP contribution in [0.3, 0.4) is 0 Å². The zero-order valence-corrected chi connectivity index (χ0v) is 8.93. The van der Waals surface area contributed by atoms with Gasteiger partial charge in [0, 0.05) is 0 Å². The normalized spacial score (nSPS) is 7.36. The van der Waals surface area contributed by atoms with Crippen LogP contribution in [0.25, 0.3) is 6.08 Å². The van der Waals surface area contributed by atoms with Crippen molar-refractivity contribution in [2.45, 2.75) is 0 Å². The molecule has 0 saturated heterocycles. The van der Waals surface area contributed by atoms with Gasteiger partial charge >= 0.3 is 23.1 Å². The van der Waals surface area contributed by atoms with Gasteiger partial charge in [-0.25, -0.2) is 10.5 Å². The maximum absolute atomic E-state index is 12.2. The van der Waals surface area contributed by atoms with Gasteiger partial charge in [-0.2, -0.15) is 5.56 Å². The first-order valence-electron chi connectivity index (χ1n) is 2.63. The molecule has 3 heteroatoms. The molecule has 0 bridgehead atoms. The summed E-state index contributed by atoms with van der Waals surface area (Å²) in [6.07, 6.45) is 1.43. The van der Waals surface area contributed by atoms with Crippen LogP contribution in [0.1, 0.15) is 5.56 Å². The monoisotopic (exact) mass is 224 g/mol. The smallest absolute Gasteiger partial charge is 1.00 e. The Morgan fingerprint density at radius 3 is 2.00 bits per heavy atom. The van der Waals surface area contributed by atoms with Crippen molar-refractivity contribution in [3.05, 3.63) is 42.2 Å². The molecule has 0 radical (unpaired) electrons. The molecule has 0 spiro atoms. The van der Waals surface area contributed by atoms with Crippen LogP contribution in [-0.4, -0.2) is 23.1 Å². The zero-order valence-electron chi connectivity index (χ0n) is 5.93. The quantitative estimate of drug-likeness (QED) is 0.420. The summed E-state index contributed by atoms with van der Waals surface area (Å²) >= 11 is 0. The number of halogens is 2. The summed E-state index contributed by atoms with van der Waals surface area (Å²) in [7, 11) is 0. The zero-order chi connectivity index (χ0) is 6.69. The maximum atomic E-state index is 12.2. The van der Waals surface area contributed by atoms with Crippen LogP contribution in [0, 0.1) is 12.4 Å². The van der Waals surface area contributed by atoms with Crippen molar-refractivity contribution in [2.75, 3.05) is 0 Å². The average Bonchev–Trinajstić information content (AvgIpc) is 1.90. The average molecular weight is 225 g/mol. The molecule has 0 fully saturated rings. The second kappa shape index (κ2) is 6.82. The van der Waals surface area contributed by atoms with Crippen LogP contribution in [0.5, 0.6) is 0 Å². The third-order valence-electron chi connectivity index (χ3n) is 1.06. The van der Waals surface area contributed by atoms with Crippen molar-refractivity contribution in [1.29, 1.82) is 0 Å². The van der Waals surface area contributed by atoms with E-state index in [-0.39, 0.29) is 45.9 Å². The van der Waals surface area contributed by atoms with E-state index in [1.807, 2.05) is 0 Å². The van der Waals surface area contributed by atoms with Crippen molar-refractivity contribution >= 4 is 29.1 Å². The minimum atomic E-state index is -0.236. The van der Waals surface area contributed by atoms with Gasteiger partial charge in [0.2, 0.25) is 0 Å². The molecule has 0 aliphatic rings. The van der Waals surface area contributed by atoms with Gasteiger partial charge in [-0.3, -0.25) is 6.58 Å². The predicted molar refractivity (Wildman–Crippen MR) is 40.9 cm³/mol. The molecule has 0 unspecified atom stereocenters. The van der Waals surface area contributed by atoms with Crippen molar-refractivity contribution in [3.63, 3.8) is 0 Å². The molecule has 0 atom stereocenters. The molecule has 0 nitrogen and oxygen atoms in total. The molecule has 0 amide bonds. The van der Waals surface area contributed by atoms with Gasteiger partial charge in [-0.15, -0.1) is 12.1 Å². The SMILES string of the molecule is [Br-].[CH-]=Cc1ccc(F)cc1.[Mg+2]. The van der Waals surface area contributed by atoms with Crippen LogP contribution < -0.4 is 17.0 Å². The van der Waals surface area contributed by atoms with Crippen LogP contribution in [-0.2, 0) is 0 Å². The van der Waals surface area contributed by atoms with Crippen molar-refractivity contribution < 1.29 is 21.4 Å². The van der Waals surface area contributed by atoms with Gasteiger partial charge in [-0.05, 0) is 12.1 Å². The summed E-state index contributed by atoms with van der Waals surface area (Å²) in [4.78, 5) is 0. The molecule has 0 saturated carbocycles. The molecule has 1 rings (SSSR count). The standard InChI is InChI=1S/C8H6F.BrH.Mg/c1-2-7-3-5-8(9)6-4-7;;/h1-6H;1H;/q-1;;+2/p-1. The fraction of sp³-hybridized carbons (Fsp3) is 0. The fourth-order valence-corrected chi connectivity index (χ4v) is 0.574. The van der Waals surface area contributed by atoms with Crippen LogP contribution >= 0.6 is 0 Å². The first-order chi connectivity index (χ1) is 4.33. The molecule has 0 aliphatic heterocycles. The second-order valence-corrected chi connectivity index (χ2v) is 1.72. The summed E-state index contributed by atoms with van der Waals surface area (Å²) in [5.74, 6) is -0.236. The Morgan fingerprint density at radius 1 is 1.18 bits per heavy atom. The van der Waals surface area contributed by atoms with E-state index in [2.05, 4.69) is 0 Å². The van der Waals surface area contributed by atoms with E-state index in [1.54, 1.807) is 12.1 Å². The van der Waals surface area contributed by atoms with Crippen LogP contribution in [0.4, 0.5) is 4.39 Å². The number of rotatable bonds is 1. The molecule has 0 aliphatic carbocycles. The molecule has 1 aromatic carbocycles. The van der Waals surface area contributed by atoms with Gasteiger partial charge in [0.15, 0.2) is 0 Å². The van der Waals surface area contributed by atoms with Gasteiger partial charge in [0.05, 0.1) is 0 Å². The first-order valence-corrected chi connectivity index (χ1v) is 2.63.